The smallest absolute Gasteiger partial charge is 0.348 e. The molecule has 0 aliphatic rings. The third-order valence-corrected chi connectivity index (χ3v) is 4.77. The molecule has 0 saturated carbocycles. The van der Waals surface area contributed by atoms with Crippen molar-refractivity contribution in [1.82, 2.24) is 10.6 Å². The SMILES string of the molecule is C[C@H](NC(=O)CNC(=O)Cc1cccc2ccccc12)c1cccc(C(F)(F)F)c1. The Balaban J connectivity index is 1.55. The molecule has 0 spiro atoms. The van der Waals surface area contributed by atoms with Gasteiger partial charge in [-0.05, 0) is 41.0 Å². The van der Waals surface area contributed by atoms with Gasteiger partial charge in [0, 0.05) is 0 Å². The molecule has 1 atom stereocenters. The summed E-state index contributed by atoms with van der Waals surface area (Å²) in [7, 11) is 0. The number of hydrogen-bond donors (Lipinski definition) is 2. The van der Waals surface area contributed by atoms with Crippen molar-refractivity contribution in [2.24, 2.45) is 0 Å². The Morgan fingerprint density at radius 2 is 1.63 bits per heavy atom. The number of carbonyl (C=O) groups is 2. The van der Waals surface area contributed by atoms with Gasteiger partial charge in [0.1, 0.15) is 0 Å². The molecule has 4 nitrogen and oxygen atoms in total. The van der Waals surface area contributed by atoms with Crippen LogP contribution in [0.1, 0.15) is 29.7 Å². The molecule has 156 valence electrons. The van der Waals surface area contributed by atoms with Crippen molar-refractivity contribution in [2.45, 2.75) is 25.6 Å². The van der Waals surface area contributed by atoms with E-state index in [2.05, 4.69) is 10.6 Å². The first-order valence-electron chi connectivity index (χ1n) is 9.44. The highest BCUT2D eigenvalue weighted by atomic mass is 19.4. The standard InChI is InChI=1S/C23H21F3N2O2/c1-15(17-8-5-10-19(12-17)23(24,25)26)28-22(30)14-27-21(29)13-18-9-4-7-16-6-2-3-11-20(16)18/h2-12,15H,13-14H2,1H3,(H,27,29)(H,28,30)/t15-/m0/s1. The normalized spacial score (nSPS) is 12.4. The van der Waals surface area contributed by atoms with Crippen molar-refractivity contribution in [3.63, 3.8) is 0 Å². The van der Waals surface area contributed by atoms with Crippen LogP contribution in [0.25, 0.3) is 10.8 Å². The molecule has 30 heavy (non-hydrogen) atoms. The maximum absolute atomic E-state index is 12.8. The summed E-state index contributed by atoms with van der Waals surface area (Å²) in [6.45, 7) is 1.33. The van der Waals surface area contributed by atoms with Crippen LogP contribution in [-0.2, 0) is 22.2 Å². The lowest BCUT2D eigenvalue weighted by atomic mass is 10.0. The molecule has 2 N–H and O–H groups in total. The zero-order valence-corrected chi connectivity index (χ0v) is 16.3. The molecule has 3 rings (SSSR count). The van der Waals surface area contributed by atoms with Crippen LogP contribution in [0.15, 0.2) is 66.7 Å². The van der Waals surface area contributed by atoms with Crippen LogP contribution in [0.5, 0.6) is 0 Å². The fourth-order valence-electron chi connectivity index (χ4n) is 3.22. The molecule has 0 radical (unpaired) electrons. The van der Waals surface area contributed by atoms with Crippen LogP contribution < -0.4 is 10.6 Å². The van der Waals surface area contributed by atoms with Crippen molar-refractivity contribution in [3.8, 4) is 0 Å². The zero-order valence-electron chi connectivity index (χ0n) is 16.3. The molecule has 7 heteroatoms. The molecule has 0 bridgehead atoms. The summed E-state index contributed by atoms with van der Waals surface area (Å²) in [5.74, 6) is -0.792. The highest BCUT2D eigenvalue weighted by molar-refractivity contribution is 5.91. The summed E-state index contributed by atoms with van der Waals surface area (Å²) in [5, 5.41) is 7.15. The number of halogens is 3. The number of alkyl halides is 3. The van der Waals surface area contributed by atoms with Crippen molar-refractivity contribution in [3.05, 3.63) is 83.4 Å². The second kappa shape index (κ2) is 8.98. The number of benzene rings is 3. The minimum absolute atomic E-state index is 0.123. The van der Waals surface area contributed by atoms with E-state index in [1.807, 2.05) is 42.5 Å². The molecule has 0 aromatic heterocycles. The van der Waals surface area contributed by atoms with Crippen molar-refractivity contribution < 1.29 is 22.8 Å². The Morgan fingerprint density at radius 3 is 2.40 bits per heavy atom. The third-order valence-electron chi connectivity index (χ3n) is 4.77. The molecule has 0 unspecified atom stereocenters. The molecule has 3 aromatic rings. The summed E-state index contributed by atoms with van der Waals surface area (Å²) in [6.07, 6.45) is -4.33. The van der Waals surface area contributed by atoms with Gasteiger partial charge in [0.05, 0.1) is 24.6 Å². The minimum Gasteiger partial charge on any atom is -0.348 e. The number of fused-ring (bicyclic) bond motifs is 1. The zero-order chi connectivity index (χ0) is 21.7. The first kappa shape index (κ1) is 21.4. The van der Waals surface area contributed by atoms with Gasteiger partial charge >= 0.3 is 6.18 Å². The number of rotatable bonds is 6. The molecule has 3 aromatic carbocycles. The van der Waals surface area contributed by atoms with Crippen LogP contribution in [-0.4, -0.2) is 18.4 Å². The van der Waals surface area contributed by atoms with Gasteiger partial charge in [-0.3, -0.25) is 9.59 Å². The number of amides is 2. The van der Waals surface area contributed by atoms with E-state index in [0.29, 0.717) is 5.56 Å². The largest absolute Gasteiger partial charge is 0.416 e. The maximum atomic E-state index is 12.8. The van der Waals surface area contributed by atoms with E-state index in [0.717, 1.165) is 28.5 Å². The summed E-state index contributed by atoms with van der Waals surface area (Å²) in [4.78, 5) is 24.4. The van der Waals surface area contributed by atoms with Gasteiger partial charge in [-0.2, -0.15) is 13.2 Å². The van der Waals surface area contributed by atoms with Crippen LogP contribution >= 0.6 is 0 Å². The fourth-order valence-corrected chi connectivity index (χ4v) is 3.22. The van der Waals surface area contributed by atoms with E-state index in [4.69, 9.17) is 0 Å². The van der Waals surface area contributed by atoms with Gasteiger partial charge in [-0.15, -0.1) is 0 Å². The van der Waals surface area contributed by atoms with E-state index < -0.39 is 23.7 Å². The highest BCUT2D eigenvalue weighted by Gasteiger charge is 2.30. The minimum atomic E-state index is -4.45. The van der Waals surface area contributed by atoms with Gasteiger partial charge in [0.15, 0.2) is 0 Å². The predicted octanol–water partition coefficient (Wildman–Crippen LogP) is 4.39. The molecule has 0 heterocycles. The Labute approximate surface area is 172 Å². The topological polar surface area (TPSA) is 58.2 Å². The van der Waals surface area contributed by atoms with E-state index in [1.54, 1.807) is 6.92 Å². The summed E-state index contributed by atoms with van der Waals surface area (Å²) in [5.41, 5.74) is 0.410. The van der Waals surface area contributed by atoms with Crippen LogP contribution in [0.2, 0.25) is 0 Å². The molecule has 0 saturated heterocycles. The lowest BCUT2D eigenvalue weighted by molar-refractivity contribution is -0.137. The number of nitrogens with one attached hydrogen (secondary N) is 2. The first-order chi connectivity index (χ1) is 14.2. The Hall–Kier alpha value is -3.35. The quantitative estimate of drug-likeness (QED) is 0.628. The third kappa shape index (κ3) is 5.37. The van der Waals surface area contributed by atoms with Crippen molar-refractivity contribution in [1.29, 1.82) is 0 Å². The number of hydrogen-bond acceptors (Lipinski definition) is 2. The van der Waals surface area contributed by atoms with E-state index >= 15 is 0 Å². The first-order valence-corrected chi connectivity index (χ1v) is 9.44. The average Bonchev–Trinajstić information content (AvgIpc) is 2.72. The molecular formula is C23H21F3N2O2. The van der Waals surface area contributed by atoms with Crippen LogP contribution in [0, 0.1) is 0 Å². The monoisotopic (exact) mass is 414 g/mol. The summed E-state index contributed by atoms with van der Waals surface area (Å²) < 4.78 is 38.5. The van der Waals surface area contributed by atoms with E-state index in [9.17, 15) is 22.8 Å². The Morgan fingerprint density at radius 1 is 0.933 bits per heavy atom. The molecule has 0 fully saturated rings. The summed E-state index contributed by atoms with van der Waals surface area (Å²) >= 11 is 0. The fraction of sp³-hybridized carbons (Fsp3) is 0.217. The molecule has 0 aliphatic heterocycles. The summed E-state index contributed by atoms with van der Waals surface area (Å²) in [6, 6.07) is 17.6. The van der Waals surface area contributed by atoms with Gasteiger partial charge in [0.2, 0.25) is 11.8 Å². The van der Waals surface area contributed by atoms with E-state index in [1.165, 1.54) is 12.1 Å². The lowest BCUT2D eigenvalue weighted by Crippen LogP contribution is -2.38. The Bertz CT molecular complexity index is 1060. The van der Waals surface area contributed by atoms with Crippen LogP contribution in [0.4, 0.5) is 13.2 Å². The highest BCUT2D eigenvalue weighted by Crippen LogP contribution is 2.30. The molecule has 2 amide bonds. The van der Waals surface area contributed by atoms with Gasteiger partial charge in [0.25, 0.3) is 0 Å². The van der Waals surface area contributed by atoms with Crippen molar-refractivity contribution in [2.75, 3.05) is 6.54 Å². The van der Waals surface area contributed by atoms with Gasteiger partial charge < -0.3 is 10.6 Å². The Kier molecular flexibility index (Phi) is 6.40. The second-order valence-corrected chi connectivity index (χ2v) is 7.00. The van der Waals surface area contributed by atoms with E-state index in [-0.39, 0.29) is 18.9 Å². The average molecular weight is 414 g/mol. The maximum Gasteiger partial charge on any atom is 0.416 e. The lowest BCUT2D eigenvalue weighted by Gasteiger charge is -2.16. The molecule has 0 aliphatic carbocycles. The predicted molar refractivity (Wildman–Crippen MR) is 109 cm³/mol. The van der Waals surface area contributed by atoms with Gasteiger partial charge in [-0.25, -0.2) is 0 Å². The number of carbonyl (C=O) groups excluding carboxylic acids is 2. The van der Waals surface area contributed by atoms with Gasteiger partial charge in [-0.1, -0.05) is 54.6 Å². The van der Waals surface area contributed by atoms with Crippen LogP contribution in [0.3, 0.4) is 0 Å². The second-order valence-electron chi connectivity index (χ2n) is 7.00. The van der Waals surface area contributed by atoms with Crippen molar-refractivity contribution >= 4 is 22.6 Å². The molecular weight excluding hydrogens is 393 g/mol.